The molecule has 0 spiro atoms. The average molecular weight is 357 g/mol. The fraction of sp³-hybridized carbons (Fsp3) is 0.500. The number of aromatic nitrogens is 1. The molecule has 1 aromatic heterocycles. The van der Waals surface area contributed by atoms with Crippen LogP contribution in [0.15, 0.2) is 30.5 Å². The summed E-state index contributed by atoms with van der Waals surface area (Å²) < 4.78 is 7.18. The highest BCUT2D eigenvalue weighted by Gasteiger charge is 2.18. The minimum Gasteiger partial charge on any atom is -0.383 e. The van der Waals surface area contributed by atoms with Crippen LogP contribution in [0.5, 0.6) is 0 Å². The molecule has 1 aliphatic heterocycles. The third-order valence-corrected chi connectivity index (χ3v) is 4.90. The molecule has 0 atom stereocenters. The Bertz CT molecular complexity index is 763. The number of likely N-dealkylation sites (tertiary alicyclic amines) is 1. The van der Waals surface area contributed by atoms with E-state index in [2.05, 4.69) is 5.32 Å². The van der Waals surface area contributed by atoms with E-state index < -0.39 is 0 Å². The van der Waals surface area contributed by atoms with Gasteiger partial charge in [-0.2, -0.15) is 0 Å². The number of para-hydroxylation sites is 1. The van der Waals surface area contributed by atoms with Gasteiger partial charge in [0.25, 0.3) is 5.91 Å². The van der Waals surface area contributed by atoms with Crippen LogP contribution in [0.2, 0.25) is 0 Å². The summed E-state index contributed by atoms with van der Waals surface area (Å²) in [6.45, 7) is 3.34. The van der Waals surface area contributed by atoms with E-state index in [-0.39, 0.29) is 11.8 Å². The molecular weight excluding hydrogens is 330 g/mol. The largest absolute Gasteiger partial charge is 0.383 e. The van der Waals surface area contributed by atoms with Gasteiger partial charge >= 0.3 is 0 Å². The minimum atomic E-state index is -0.135. The van der Waals surface area contributed by atoms with Crippen molar-refractivity contribution in [2.45, 2.75) is 32.2 Å². The van der Waals surface area contributed by atoms with E-state index in [4.69, 9.17) is 4.74 Å². The van der Waals surface area contributed by atoms with E-state index in [9.17, 15) is 9.59 Å². The molecule has 0 bridgehead atoms. The molecule has 0 saturated carbocycles. The first-order chi connectivity index (χ1) is 12.7. The van der Waals surface area contributed by atoms with E-state index >= 15 is 0 Å². The highest BCUT2D eigenvalue weighted by molar-refractivity contribution is 6.07. The standard InChI is InChI=1S/C20H27N3O3/c1-26-14-13-23-15-17(16-7-3-4-8-18(16)23)20(25)21-10-9-19(24)22-11-5-2-6-12-22/h3-4,7-8,15H,2,5-6,9-14H2,1H3,(H,21,25). The third kappa shape index (κ3) is 4.25. The number of hydrogen-bond acceptors (Lipinski definition) is 3. The van der Waals surface area contributed by atoms with Gasteiger partial charge in [0.15, 0.2) is 0 Å². The van der Waals surface area contributed by atoms with Crippen LogP contribution in [-0.4, -0.2) is 54.6 Å². The Morgan fingerprint density at radius 2 is 1.92 bits per heavy atom. The van der Waals surface area contributed by atoms with Crippen molar-refractivity contribution in [3.8, 4) is 0 Å². The summed E-state index contributed by atoms with van der Waals surface area (Å²) >= 11 is 0. The molecule has 6 nitrogen and oxygen atoms in total. The summed E-state index contributed by atoms with van der Waals surface area (Å²) in [4.78, 5) is 26.7. The number of nitrogens with one attached hydrogen (secondary N) is 1. The van der Waals surface area contributed by atoms with Crippen LogP contribution in [-0.2, 0) is 16.1 Å². The first-order valence-electron chi connectivity index (χ1n) is 9.33. The highest BCUT2D eigenvalue weighted by atomic mass is 16.5. The number of benzene rings is 1. The Hall–Kier alpha value is -2.34. The maximum absolute atomic E-state index is 12.6. The summed E-state index contributed by atoms with van der Waals surface area (Å²) in [7, 11) is 1.67. The van der Waals surface area contributed by atoms with Gasteiger partial charge in [0, 0.05) is 56.8 Å². The molecule has 140 valence electrons. The smallest absolute Gasteiger partial charge is 0.253 e. The summed E-state index contributed by atoms with van der Waals surface area (Å²) in [5.41, 5.74) is 1.65. The number of methoxy groups -OCH3 is 1. The van der Waals surface area contributed by atoms with Gasteiger partial charge in [-0.25, -0.2) is 0 Å². The van der Waals surface area contributed by atoms with Gasteiger partial charge in [0.1, 0.15) is 0 Å². The number of nitrogens with zero attached hydrogens (tertiary/aromatic N) is 2. The second-order valence-electron chi connectivity index (χ2n) is 6.69. The first-order valence-corrected chi connectivity index (χ1v) is 9.33. The Morgan fingerprint density at radius 1 is 1.15 bits per heavy atom. The summed E-state index contributed by atoms with van der Waals surface area (Å²) in [6, 6.07) is 7.85. The second kappa shape index (κ2) is 8.85. The quantitative estimate of drug-likeness (QED) is 0.828. The van der Waals surface area contributed by atoms with Crippen LogP contribution < -0.4 is 5.32 Å². The SMILES string of the molecule is COCCn1cc(C(=O)NCCC(=O)N2CCCCC2)c2ccccc21. The predicted octanol–water partition coefficient (Wildman–Crippen LogP) is 2.42. The van der Waals surface area contributed by atoms with Crippen molar-refractivity contribution >= 4 is 22.7 Å². The zero-order valence-corrected chi connectivity index (χ0v) is 15.4. The van der Waals surface area contributed by atoms with E-state index in [1.165, 1.54) is 6.42 Å². The topological polar surface area (TPSA) is 63.6 Å². The summed E-state index contributed by atoms with van der Waals surface area (Å²) in [5, 5.41) is 3.82. The van der Waals surface area contributed by atoms with Crippen molar-refractivity contribution in [1.82, 2.24) is 14.8 Å². The fourth-order valence-electron chi connectivity index (χ4n) is 3.48. The van der Waals surface area contributed by atoms with Crippen molar-refractivity contribution in [3.05, 3.63) is 36.0 Å². The lowest BCUT2D eigenvalue weighted by atomic mass is 10.1. The molecule has 1 aromatic carbocycles. The lowest BCUT2D eigenvalue weighted by Crippen LogP contribution is -2.37. The molecule has 6 heteroatoms. The molecule has 26 heavy (non-hydrogen) atoms. The van der Waals surface area contributed by atoms with Gasteiger partial charge in [-0.15, -0.1) is 0 Å². The van der Waals surface area contributed by atoms with Gasteiger partial charge < -0.3 is 19.5 Å². The number of carbonyl (C=O) groups excluding carboxylic acids is 2. The molecule has 0 unspecified atom stereocenters. The maximum atomic E-state index is 12.6. The minimum absolute atomic E-state index is 0.132. The van der Waals surface area contributed by atoms with Crippen LogP contribution >= 0.6 is 0 Å². The maximum Gasteiger partial charge on any atom is 0.253 e. The molecule has 2 aromatic rings. The van der Waals surface area contributed by atoms with Crippen molar-refractivity contribution in [2.24, 2.45) is 0 Å². The first kappa shape index (κ1) is 18.5. The molecule has 2 heterocycles. The predicted molar refractivity (Wildman–Crippen MR) is 101 cm³/mol. The monoisotopic (exact) mass is 357 g/mol. The number of piperidine rings is 1. The normalized spacial score (nSPS) is 14.6. The highest BCUT2D eigenvalue weighted by Crippen LogP contribution is 2.21. The second-order valence-corrected chi connectivity index (χ2v) is 6.69. The lowest BCUT2D eigenvalue weighted by molar-refractivity contribution is -0.131. The van der Waals surface area contributed by atoms with Gasteiger partial charge in [-0.1, -0.05) is 18.2 Å². The molecule has 1 fully saturated rings. The molecule has 1 N–H and O–H groups in total. The molecule has 1 aliphatic rings. The fourth-order valence-corrected chi connectivity index (χ4v) is 3.48. The van der Waals surface area contributed by atoms with Crippen LogP contribution in [0.1, 0.15) is 36.0 Å². The molecular formula is C20H27N3O3. The van der Waals surface area contributed by atoms with Crippen molar-refractivity contribution in [2.75, 3.05) is 33.4 Å². The Labute approximate surface area is 154 Å². The Morgan fingerprint density at radius 3 is 2.69 bits per heavy atom. The molecule has 1 saturated heterocycles. The zero-order chi connectivity index (χ0) is 18.4. The third-order valence-electron chi connectivity index (χ3n) is 4.90. The Kier molecular flexibility index (Phi) is 6.28. The number of rotatable bonds is 7. The number of ether oxygens (including phenoxy) is 1. The zero-order valence-electron chi connectivity index (χ0n) is 15.4. The van der Waals surface area contributed by atoms with E-state index in [1.807, 2.05) is 39.9 Å². The molecule has 0 aliphatic carbocycles. The van der Waals surface area contributed by atoms with E-state index in [0.29, 0.717) is 31.7 Å². The Balaban J connectivity index is 1.61. The van der Waals surface area contributed by atoms with Crippen molar-refractivity contribution < 1.29 is 14.3 Å². The summed E-state index contributed by atoms with van der Waals surface area (Å²) in [5.74, 6) is -0.00339. The van der Waals surface area contributed by atoms with Crippen molar-refractivity contribution in [3.63, 3.8) is 0 Å². The van der Waals surface area contributed by atoms with E-state index in [0.717, 1.165) is 36.8 Å². The number of amides is 2. The summed E-state index contributed by atoms with van der Waals surface area (Å²) in [6.07, 6.45) is 5.59. The number of hydrogen-bond donors (Lipinski definition) is 1. The molecule has 3 rings (SSSR count). The van der Waals surface area contributed by atoms with Gasteiger partial charge in [-0.3, -0.25) is 9.59 Å². The van der Waals surface area contributed by atoms with Crippen molar-refractivity contribution in [1.29, 1.82) is 0 Å². The van der Waals surface area contributed by atoms with Crippen LogP contribution in [0, 0.1) is 0 Å². The number of fused-ring (bicyclic) bond motifs is 1. The number of carbonyl (C=O) groups is 2. The van der Waals surface area contributed by atoms with E-state index in [1.54, 1.807) is 7.11 Å². The molecule has 2 amide bonds. The molecule has 0 radical (unpaired) electrons. The van der Waals surface area contributed by atoms with Crippen LogP contribution in [0.4, 0.5) is 0 Å². The van der Waals surface area contributed by atoms with Gasteiger partial charge in [0.05, 0.1) is 12.2 Å². The van der Waals surface area contributed by atoms with Crippen LogP contribution in [0.25, 0.3) is 10.9 Å². The average Bonchev–Trinajstić information content (AvgIpc) is 3.06. The van der Waals surface area contributed by atoms with Crippen LogP contribution in [0.3, 0.4) is 0 Å². The van der Waals surface area contributed by atoms with Gasteiger partial charge in [0.2, 0.25) is 5.91 Å². The van der Waals surface area contributed by atoms with Gasteiger partial charge in [-0.05, 0) is 25.3 Å². The lowest BCUT2D eigenvalue weighted by Gasteiger charge is -2.26.